The molecule has 1 aromatic heterocycles. The molecular formula is C8H12FN3O. The summed E-state index contributed by atoms with van der Waals surface area (Å²) < 4.78 is 13.1. The highest BCUT2D eigenvalue weighted by molar-refractivity contribution is 5.92. The van der Waals surface area contributed by atoms with Gasteiger partial charge in [-0.25, -0.2) is 4.39 Å². The van der Waals surface area contributed by atoms with Gasteiger partial charge in [-0.2, -0.15) is 5.10 Å². The molecular weight excluding hydrogens is 173 g/mol. The highest BCUT2D eigenvalue weighted by atomic mass is 19.1. The first kappa shape index (κ1) is 9.70. The number of halogens is 1. The summed E-state index contributed by atoms with van der Waals surface area (Å²) in [5.74, 6) is -1.07. The first-order chi connectivity index (χ1) is 6.02. The van der Waals surface area contributed by atoms with Gasteiger partial charge in [-0.3, -0.25) is 9.89 Å². The maximum atomic E-state index is 13.1. The van der Waals surface area contributed by atoms with E-state index in [9.17, 15) is 9.18 Å². The number of nitrogens with zero attached hydrogens (tertiary/aromatic N) is 1. The van der Waals surface area contributed by atoms with E-state index in [1.807, 2.05) is 0 Å². The lowest BCUT2D eigenvalue weighted by molar-refractivity contribution is 0.0934. The summed E-state index contributed by atoms with van der Waals surface area (Å²) >= 11 is 0. The number of rotatable bonds is 2. The van der Waals surface area contributed by atoms with Gasteiger partial charge in [0.2, 0.25) is 0 Å². The topological polar surface area (TPSA) is 57.8 Å². The number of H-pyrrole nitrogens is 1. The summed E-state index contributed by atoms with van der Waals surface area (Å²) in [4.78, 5) is 11.3. The predicted octanol–water partition coefficient (Wildman–Crippen LogP) is 0.995. The van der Waals surface area contributed by atoms with Crippen LogP contribution in [0.3, 0.4) is 0 Å². The molecule has 1 rings (SSSR count). The minimum absolute atomic E-state index is 0.0242. The molecule has 1 aromatic rings. The van der Waals surface area contributed by atoms with Crippen molar-refractivity contribution in [2.45, 2.75) is 26.8 Å². The third kappa shape index (κ3) is 2.05. The molecule has 0 saturated carbocycles. The van der Waals surface area contributed by atoms with Crippen LogP contribution >= 0.6 is 0 Å². The fraction of sp³-hybridized carbons (Fsp3) is 0.500. The molecule has 1 heterocycles. The lowest BCUT2D eigenvalue weighted by Crippen LogP contribution is -2.31. The molecule has 0 unspecified atom stereocenters. The molecule has 4 nitrogen and oxygen atoms in total. The lowest BCUT2D eigenvalue weighted by Gasteiger charge is -2.05. The maximum Gasteiger partial charge on any atom is 0.275 e. The Morgan fingerprint density at radius 2 is 2.23 bits per heavy atom. The summed E-state index contributed by atoms with van der Waals surface area (Å²) in [6.07, 6.45) is 0. The first-order valence-electron chi connectivity index (χ1n) is 4.03. The summed E-state index contributed by atoms with van der Waals surface area (Å²) in [7, 11) is 0. The van der Waals surface area contributed by atoms with E-state index >= 15 is 0 Å². The average Bonchev–Trinajstić information content (AvgIpc) is 2.31. The summed E-state index contributed by atoms with van der Waals surface area (Å²) in [5, 5.41) is 8.51. The molecule has 0 fully saturated rings. The smallest absolute Gasteiger partial charge is 0.275 e. The Balaban J connectivity index is 2.83. The zero-order valence-corrected chi connectivity index (χ0v) is 7.81. The molecule has 0 atom stereocenters. The van der Waals surface area contributed by atoms with E-state index < -0.39 is 11.7 Å². The molecule has 2 N–H and O–H groups in total. The molecule has 0 saturated heterocycles. The maximum absolute atomic E-state index is 13.1. The van der Waals surface area contributed by atoms with Crippen LogP contribution < -0.4 is 5.32 Å². The van der Waals surface area contributed by atoms with Crippen molar-refractivity contribution < 1.29 is 9.18 Å². The molecule has 0 spiro atoms. The molecule has 0 aromatic carbocycles. The molecule has 1 amide bonds. The predicted molar refractivity (Wildman–Crippen MR) is 45.9 cm³/mol. The number of carbonyl (C=O) groups excluding carboxylic acids is 1. The first-order valence-corrected chi connectivity index (χ1v) is 4.03. The second-order valence-electron chi connectivity index (χ2n) is 3.14. The van der Waals surface area contributed by atoms with Crippen molar-refractivity contribution in [3.63, 3.8) is 0 Å². The zero-order chi connectivity index (χ0) is 10.0. The third-order valence-corrected chi connectivity index (χ3v) is 1.51. The Morgan fingerprint density at radius 3 is 2.62 bits per heavy atom. The Bertz CT molecular complexity index is 319. The van der Waals surface area contributed by atoms with E-state index in [2.05, 4.69) is 15.5 Å². The van der Waals surface area contributed by atoms with Gasteiger partial charge in [-0.15, -0.1) is 0 Å². The fourth-order valence-electron chi connectivity index (χ4n) is 0.897. The van der Waals surface area contributed by atoms with Crippen molar-refractivity contribution in [2.24, 2.45) is 0 Å². The van der Waals surface area contributed by atoms with E-state index in [-0.39, 0.29) is 17.4 Å². The minimum atomic E-state index is -0.585. The average molecular weight is 185 g/mol. The number of aromatic nitrogens is 2. The molecule has 72 valence electrons. The Hall–Kier alpha value is -1.39. The second-order valence-corrected chi connectivity index (χ2v) is 3.14. The van der Waals surface area contributed by atoms with Gasteiger partial charge < -0.3 is 5.32 Å². The van der Waals surface area contributed by atoms with Crippen LogP contribution in [0, 0.1) is 12.7 Å². The molecule has 0 aliphatic rings. The number of amides is 1. The second kappa shape index (κ2) is 3.55. The summed E-state index contributed by atoms with van der Waals surface area (Å²) in [6, 6.07) is -0.0242. The van der Waals surface area contributed by atoms with E-state index in [4.69, 9.17) is 0 Å². The van der Waals surface area contributed by atoms with Gasteiger partial charge in [0.1, 0.15) is 0 Å². The van der Waals surface area contributed by atoms with Crippen LogP contribution in [0.4, 0.5) is 4.39 Å². The van der Waals surface area contributed by atoms with Gasteiger partial charge in [-0.1, -0.05) is 0 Å². The molecule has 0 aliphatic heterocycles. The van der Waals surface area contributed by atoms with Gasteiger partial charge >= 0.3 is 0 Å². The Labute approximate surface area is 75.5 Å². The van der Waals surface area contributed by atoms with Gasteiger partial charge in [0, 0.05) is 6.04 Å². The van der Waals surface area contributed by atoms with Crippen molar-refractivity contribution in [2.75, 3.05) is 0 Å². The normalized spacial score (nSPS) is 10.5. The molecule has 0 bridgehead atoms. The van der Waals surface area contributed by atoms with Crippen LogP contribution in [-0.2, 0) is 0 Å². The van der Waals surface area contributed by atoms with Crippen LogP contribution in [0.15, 0.2) is 0 Å². The Kier molecular flexibility index (Phi) is 2.65. The standard InChI is InChI=1S/C8H12FN3O/c1-4(2)10-8(13)7-6(9)5(3)11-12-7/h4H,1-3H3,(H,10,13)(H,11,12). The van der Waals surface area contributed by atoms with Gasteiger partial charge in [0.25, 0.3) is 5.91 Å². The van der Waals surface area contributed by atoms with Crippen molar-refractivity contribution in [1.82, 2.24) is 15.5 Å². The largest absolute Gasteiger partial charge is 0.348 e. The Morgan fingerprint density at radius 1 is 1.62 bits per heavy atom. The van der Waals surface area contributed by atoms with Crippen LogP contribution in [0.5, 0.6) is 0 Å². The van der Waals surface area contributed by atoms with Crippen molar-refractivity contribution in [3.05, 3.63) is 17.2 Å². The van der Waals surface area contributed by atoms with E-state index in [1.54, 1.807) is 13.8 Å². The van der Waals surface area contributed by atoms with Crippen molar-refractivity contribution in [1.29, 1.82) is 0 Å². The lowest BCUT2D eigenvalue weighted by atomic mass is 10.3. The number of carbonyl (C=O) groups is 1. The number of aromatic amines is 1. The highest BCUT2D eigenvalue weighted by Crippen LogP contribution is 2.07. The van der Waals surface area contributed by atoms with Crippen LogP contribution in [0.2, 0.25) is 0 Å². The number of nitrogens with one attached hydrogen (secondary N) is 2. The van der Waals surface area contributed by atoms with Crippen molar-refractivity contribution >= 4 is 5.91 Å². The monoisotopic (exact) mass is 185 g/mol. The number of hydrogen-bond acceptors (Lipinski definition) is 2. The molecule has 0 radical (unpaired) electrons. The highest BCUT2D eigenvalue weighted by Gasteiger charge is 2.17. The summed E-state index contributed by atoms with van der Waals surface area (Å²) in [5.41, 5.74) is 0.0973. The summed E-state index contributed by atoms with van der Waals surface area (Å²) in [6.45, 7) is 5.12. The quantitative estimate of drug-likeness (QED) is 0.722. The molecule has 5 heteroatoms. The van der Waals surface area contributed by atoms with E-state index in [0.717, 1.165) is 0 Å². The van der Waals surface area contributed by atoms with Crippen LogP contribution in [-0.4, -0.2) is 22.1 Å². The van der Waals surface area contributed by atoms with Gasteiger partial charge in [0.05, 0.1) is 5.69 Å². The number of hydrogen-bond donors (Lipinski definition) is 2. The SMILES string of the molecule is Cc1[nH]nc(C(=O)NC(C)C)c1F. The number of aryl methyl sites for hydroxylation is 1. The molecule has 13 heavy (non-hydrogen) atoms. The van der Waals surface area contributed by atoms with Crippen LogP contribution in [0.25, 0.3) is 0 Å². The van der Waals surface area contributed by atoms with Crippen LogP contribution in [0.1, 0.15) is 30.0 Å². The van der Waals surface area contributed by atoms with E-state index in [0.29, 0.717) is 0 Å². The van der Waals surface area contributed by atoms with Crippen molar-refractivity contribution in [3.8, 4) is 0 Å². The molecule has 0 aliphatic carbocycles. The minimum Gasteiger partial charge on any atom is -0.348 e. The zero-order valence-electron chi connectivity index (χ0n) is 7.81. The fourth-order valence-corrected chi connectivity index (χ4v) is 0.897. The van der Waals surface area contributed by atoms with E-state index in [1.165, 1.54) is 6.92 Å². The third-order valence-electron chi connectivity index (χ3n) is 1.51. The van der Waals surface area contributed by atoms with Gasteiger partial charge in [0.15, 0.2) is 11.5 Å². The van der Waals surface area contributed by atoms with Gasteiger partial charge in [-0.05, 0) is 20.8 Å².